The highest BCUT2D eigenvalue weighted by Crippen LogP contribution is 2.30. The molecule has 0 aliphatic carbocycles. The van der Waals surface area contributed by atoms with Gasteiger partial charge in [-0.15, -0.1) is 0 Å². The van der Waals surface area contributed by atoms with E-state index in [1.54, 1.807) is 16.6 Å². The van der Waals surface area contributed by atoms with Crippen LogP contribution in [-0.2, 0) is 12.8 Å². The molecule has 1 atom stereocenters. The first-order valence-electron chi connectivity index (χ1n) is 7.25. The van der Waals surface area contributed by atoms with Gasteiger partial charge in [-0.05, 0) is 42.3 Å². The number of fused-ring (bicyclic) bond motifs is 1. The fourth-order valence-electron chi connectivity index (χ4n) is 2.44. The van der Waals surface area contributed by atoms with Crippen LogP contribution in [0.1, 0.15) is 29.7 Å². The van der Waals surface area contributed by atoms with Crippen molar-refractivity contribution in [3.05, 3.63) is 59.4 Å². The zero-order valence-electron chi connectivity index (χ0n) is 12.7. The molecule has 0 amide bonds. The van der Waals surface area contributed by atoms with E-state index in [4.69, 9.17) is 0 Å². The van der Waals surface area contributed by atoms with E-state index in [1.165, 1.54) is 18.5 Å². The van der Waals surface area contributed by atoms with Crippen LogP contribution >= 0.6 is 0 Å². The molecule has 0 unspecified atom stereocenters. The summed E-state index contributed by atoms with van der Waals surface area (Å²) in [5.74, 6) is 0.599. The van der Waals surface area contributed by atoms with Crippen molar-refractivity contribution in [2.75, 3.05) is 5.32 Å². The summed E-state index contributed by atoms with van der Waals surface area (Å²) in [5.41, 5.74) is 1.26. The molecule has 0 bridgehead atoms. The Morgan fingerprint density at radius 3 is 2.54 bits per heavy atom. The monoisotopic (exact) mass is 336 g/mol. The largest absolute Gasteiger partial charge is 0.416 e. The normalized spacial score (nSPS) is 13.2. The van der Waals surface area contributed by atoms with Crippen LogP contribution in [0.2, 0.25) is 0 Å². The lowest BCUT2D eigenvalue weighted by Crippen LogP contribution is -2.12. The van der Waals surface area contributed by atoms with Crippen molar-refractivity contribution in [2.45, 2.75) is 25.7 Å². The molecule has 3 rings (SSSR count). The molecule has 0 spiro atoms. The van der Waals surface area contributed by atoms with Gasteiger partial charge in [0.05, 0.1) is 12.2 Å². The van der Waals surface area contributed by atoms with E-state index in [9.17, 15) is 18.3 Å². The lowest BCUT2D eigenvalue weighted by Gasteiger charge is -2.17. The minimum Gasteiger partial charge on any atom is -0.392 e. The van der Waals surface area contributed by atoms with E-state index >= 15 is 0 Å². The summed E-state index contributed by atoms with van der Waals surface area (Å²) in [6.45, 7) is 1.68. The van der Waals surface area contributed by atoms with Crippen LogP contribution in [0.3, 0.4) is 0 Å². The summed E-state index contributed by atoms with van der Waals surface area (Å²) in [5, 5.41) is 16.6. The standard InChI is InChI=1S/C16H15F3N4O/c1-10(12-2-4-13(5-3-12)16(17,18)19)22-15-7-11(8-24)6-14-20-9-21-23(14)15/h2-7,9-10,22,24H,8H2,1H3/t10-/m1/s1. The molecular weight excluding hydrogens is 321 g/mol. The SMILES string of the molecule is C[C@@H](Nc1cc(CO)cc2ncnn12)c1ccc(C(F)(F)F)cc1. The summed E-state index contributed by atoms with van der Waals surface area (Å²) < 4.78 is 39.5. The Morgan fingerprint density at radius 1 is 1.21 bits per heavy atom. The van der Waals surface area contributed by atoms with Gasteiger partial charge < -0.3 is 10.4 Å². The molecule has 0 aliphatic rings. The average molecular weight is 336 g/mol. The number of aromatic nitrogens is 3. The Labute approximate surface area is 135 Å². The van der Waals surface area contributed by atoms with Crippen LogP contribution in [0, 0.1) is 0 Å². The second-order valence-corrected chi connectivity index (χ2v) is 5.42. The van der Waals surface area contributed by atoms with Crippen LogP contribution < -0.4 is 5.32 Å². The van der Waals surface area contributed by atoms with Gasteiger partial charge in [0.1, 0.15) is 12.1 Å². The van der Waals surface area contributed by atoms with Crippen LogP contribution in [0.25, 0.3) is 5.65 Å². The summed E-state index contributed by atoms with van der Waals surface area (Å²) in [7, 11) is 0. The number of rotatable bonds is 4. The minimum absolute atomic E-state index is 0.146. The third kappa shape index (κ3) is 3.18. The molecule has 0 fully saturated rings. The van der Waals surface area contributed by atoms with Gasteiger partial charge in [0.15, 0.2) is 5.65 Å². The second kappa shape index (κ2) is 6.12. The van der Waals surface area contributed by atoms with E-state index in [0.717, 1.165) is 12.1 Å². The van der Waals surface area contributed by atoms with Crippen LogP contribution in [0.15, 0.2) is 42.7 Å². The zero-order chi connectivity index (χ0) is 17.3. The smallest absolute Gasteiger partial charge is 0.392 e. The first kappa shape index (κ1) is 16.3. The molecule has 1 aromatic carbocycles. The lowest BCUT2D eigenvalue weighted by molar-refractivity contribution is -0.137. The highest BCUT2D eigenvalue weighted by molar-refractivity contribution is 5.52. The molecule has 126 valence electrons. The van der Waals surface area contributed by atoms with Crippen molar-refractivity contribution in [2.24, 2.45) is 0 Å². The van der Waals surface area contributed by atoms with Crippen molar-refractivity contribution in [3.63, 3.8) is 0 Å². The number of nitrogens with one attached hydrogen (secondary N) is 1. The highest BCUT2D eigenvalue weighted by Gasteiger charge is 2.30. The number of halogens is 3. The van der Waals surface area contributed by atoms with Crippen molar-refractivity contribution in [1.29, 1.82) is 0 Å². The highest BCUT2D eigenvalue weighted by atomic mass is 19.4. The third-order valence-electron chi connectivity index (χ3n) is 3.72. The number of aliphatic hydroxyl groups excluding tert-OH is 1. The molecule has 0 saturated carbocycles. The number of aliphatic hydroxyl groups is 1. The molecule has 0 radical (unpaired) electrons. The Hall–Kier alpha value is -2.61. The number of hydrogen-bond acceptors (Lipinski definition) is 4. The van der Waals surface area contributed by atoms with Crippen molar-refractivity contribution >= 4 is 11.5 Å². The van der Waals surface area contributed by atoms with E-state index in [2.05, 4.69) is 15.4 Å². The van der Waals surface area contributed by atoms with Crippen molar-refractivity contribution in [1.82, 2.24) is 14.6 Å². The summed E-state index contributed by atoms with van der Waals surface area (Å²) in [6, 6.07) is 8.17. The second-order valence-electron chi connectivity index (χ2n) is 5.42. The summed E-state index contributed by atoms with van der Waals surface area (Å²) in [6.07, 6.45) is -2.96. The van der Waals surface area contributed by atoms with Crippen molar-refractivity contribution in [3.8, 4) is 0 Å². The summed E-state index contributed by atoms with van der Waals surface area (Å²) in [4.78, 5) is 4.08. The fraction of sp³-hybridized carbons (Fsp3) is 0.250. The van der Waals surface area contributed by atoms with E-state index < -0.39 is 11.7 Å². The summed E-state index contributed by atoms with van der Waals surface area (Å²) >= 11 is 0. The van der Waals surface area contributed by atoms with Crippen LogP contribution in [0.4, 0.5) is 19.0 Å². The van der Waals surface area contributed by atoms with Crippen LogP contribution in [0.5, 0.6) is 0 Å². The molecule has 24 heavy (non-hydrogen) atoms. The number of benzene rings is 1. The molecular formula is C16H15F3N4O. The fourth-order valence-corrected chi connectivity index (χ4v) is 2.44. The van der Waals surface area contributed by atoms with Gasteiger partial charge in [-0.1, -0.05) is 12.1 Å². The van der Waals surface area contributed by atoms with Gasteiger partial charge in [-0.25, -0.2) is 4.98 Å². The first-order valence-corrected chi connectivity index (χ1v) is 7.25. The quantitative estimate of drug-likeness (QED) is 0.766. The topological polar surface area (TPSA) is 62.5 Å². The Bertz CT molecular complexity index is 843. The van der Waals surface area contributed by atoms with E-state index in [1.807, 2.05) is 6.92 Å². The maximum atomic E-state index is 12.6. The maximum absolute atomic E-state index is 12.6. The number of nitrogens with zero attached hydrogens (tertiary/aromatic N) is 3. The molecule has 2 heterocycles. The average Bonchev–Trinajstić information content (AvgIpc) is 3.02. The Morgan fingerprint density at radius 2 is 1.92 bits per heavy atom. The van der Waals surface area contributed by atoms with Gasteiger partial charge in [0.25, 0.3) is 0 Å². The molecule has 0 aliphatic heterocycles. The molecule has 5 nitrogen and oxygen atoms in total. The molecule has 2 aromatic heterocycles. The van der Waals surface area contributed by atoms with Gasteiger partial charge >= 0.3 is 6.18 Å². The molecule has 2 N–H and O–H groups in total. The van der Waals surface area contributed by atoms with Gasteiger partial charge in [0.2, 0.25) is 0 Å². The molecule has 3 aromatic rings. The van der Waals surface area contributed by atoms with E-state index in [0.29, 0.717) is 22.6 Å². The lowest BCUT2D eigenvalue weighted by atomic mass is 10.1. The van der Waals surface area contributed by atoms with Crippen molar-refractivity contribution < 1.29 is 18.3 Å². The van der Waals surface area contributed by atoms with Gasteiger partial charge in [-0.2, -0.15) is 22.8 Å². The number of pyridine rings is 1. The first-order chi connectivity index (χ1) is 11.4. The number of hydrogen-bond donors (Lipinski definition) is 2. The Kier molecular flexibility index (Phi) is 4.15. The number of alkyl halides is 3. The number of anilines is 1. The molecule has 0 saturated heterocycles. The predicted octanol–water partition coefficient (Wildman–Crippen LogP) is 3.41. The Balaban J connectivity index is 1.87. The van der Waals surface area contributed by atoms with Gasteiger partial charge in [-0.3, -0.25) is 0 Å². The maximum Gasteiger partial charge on any atom is 0.416 e. The zero-order valence-corrected chi connectivity index (χ0v) is 12.7. The van der Waals surface area contributed by atoms with Gasteiger partial charge in [0, 0.05) is 6.04 Å². The predicted molar refractivity (Wildman–Crippen MR) is 82.4 cm³/mol. The molecule has 8 heteroatoms. The minimum atomic E-state index is -4.35. The van der Waals surface area contributed by atoms with E-state index in [-0.39, 0.29) is 12.6 Å². The third-order valence-corrected chi connectivity index (χ3v) is 3.72. The van der Waals surface area contributed by atoms with Crippen LogP contribution in [-0.4, -0.2) is 19.7 Å².